The Kier molecular flexibility index (Phi) is 8.67. The molecule has 0 radical (unpaired) electrons. The summed E-state index contributed by atoms with van der Waals surface area (Å²) in [7, 11) is 0. The largest absolute Gasteiger partial charge is 0.365 e. The number of nitrogens with one attached hydrogen (secondary N) is 2. The zero-order valence-corrected chi connectivity index (χ0v) is 18.0. The van der Waals surface area contributed by atoms with Crippen LogP contribution in [0.1, 0.15) is 30.6 Å². The molecule has 0 aliphatic carbocycles. The van der Waals surface area contributed by atoms with Crippen LogP contribution in [-0.4, -0.2) is 68.1 Å². The molecule has 2 aliphatic heterocycles. The minimum atomic E-state index is -0.378. The summed E-state index contributed by atoms with van der Waals surface area (Å²) in [5.74, 6) is 0.734. The zero-order chi connectivity index (χ0) is 20.1. The summed E-state index contributed by atoms with van der Waals surface area (Å²) in [6.45, 7) is 11.2. The summed E-state index contributed by atoms with van der Waals surface area (Å²) in [6.07, 6.45) is 1.14. The first kappa shape index (κ1) is 23.4. The number of carbonyl (C=O) groups excluding carboxylic acids is 1. The lowest BCUT2D eigenvalue weighted by Crippen LogP contribution is -2.46. The summed E-state index contributed by atoms with van der Waals surface area (Å²) in [5, 5.41) is 17.8. The van der Waals surface area contributed by atoms with Crippen molar-refractivity contribution < 1.29 is 9.72 Å². The number of amides is 1. The van der Waals surface area contributed by atoms with Crippen molar-refractivity contribution in [2.45, 2.75) is 20.3 Å². The van der Waals surface area contributed by atoms with E-state index < -0.39 is 0 Å². The smallest absolute Gasteiger partial charge is 0.293 e. The van der Waals surface area contributed by atoms with E-state index in [1.807, 2.05) is 0 Å². The van der Waals surface area contributed by atoms with E-state index in [4.69, 9.17) is 0 Å². The topological polar surface area (TPSA) is 90.8 Å². The van der Waals surface area contributed by atoms with E-state index in [0.29, 0.717) is 29.6 Å². The van der Waals surface area contributed by atoms with E-state index in [2.05, 4.69) is 34.3 Å². The molecule has 8 nitrogen and oxygen atoms in total. The molecular weight excluding hydrogens is 394 g/mol. The predicted octanol–water partition coefficient (Wildman–Crippen LogP) is 2.13. The van der Waals surface area contributed by atoms with Gasteiger partial charge in [0.2, 0.25) is 0 Å². The molecule has 0 spiro atoms. The van der Waals surface area contributed by atoms with Crippen molar-refractivity contribution in [1.82, 2.24) is 15.5 Å². The van der Waals surface area contributed by atoms with Crippen molar-refractivity contribution in [3.05, 3.63) is 33.9 Å². The molecule has 1 aromatic carbocycles. The Morgan fingerprint density at radius 2 is 1.90 bits per heavy atom. The average molecular weight is 426 g/mol. The monoisotopic (exact) mass is 425 g/mol. The zero-order valence-electron chi connectivity index (χ0n) is 17.2. The van der Waals surface area contributed by atoms with Gasteiger partial charge in [0.25, 0.3) is 11.6 Å². The summed E-state index contributed by atoms with van der Waals surface area (Å²) in [4.78, 5) is 28.1. The molecule has 3 rings (SSSR count). The first-order valence-corrected chi connectivity index (χ1v) is 10.2. The number of piperazine rings is 1. The Morgan fingerprint density at radius 1 is 1.24 bits per heavy atom. The van der Waals surface area contributed by atoms with Crippen molar-refractivity contribution in [2.24, 2.45) is 11.8 Å². The Bertz CT molecular complexity index is 701. The maximum atomic E-state index is 12.5. The highest BCUT2D eigenvalue weighted by Gasteiger charge is 2.27. The minimum Gasteiger partial charge on any atom is -0.365 e. The van der Waals surface area contributed by atoms with Crippen molar-refractivity contribution in [2.75, 3.05) is 57.3 Å². The van der Waals surface area contributed by atoms with Crippen molar-refractivity contribution in [1.29, 1.82) is 0 Å². The molecule has 0 saturated carbocycles. The first-order chi connectivity index (χ1) is 13.4. The van der Waals surface area contributed by atoms with Crippen LogP contribution in [0.4, 0.5) is 11.4 Å². The fourth-order valence-corrected chi connectivity index (χ4v) is 4.30. The van der Waals surface area contributed by atoms with Gasteiger partial charge in [0.15, 0.2) is 0 Å². The number of nitrogens with zero attached hydrogens (tertiary/aromatic N) is 3. The normalized spacial score (nSPS) is 22.6. The number of piperidine rings is 1. The number of anilines is 1. The second-order valence-electron chi connectivity index (χ2n) is 8.16. The number of halogens is 1. The molecule has 162 valence electrons. The quantitative estimate of drug-likeness (QED) is 0.536. The van der Waals surface area contributed by atoms with Gasteiger partial charge in [-0.1, -0.05) is 13.8 Å². The van der Waals surface area contributed by atoms with Gasteiger partial charge in [-0.05, 0) is 30.4 Å². The Balaban J connectivity index is 0.00000300. The molecule has 2 unspecified atom stereocenters. The number of carbonyl (C=O) groups is 1. The maximum Gasteiger partial charge on any atom is 0.293 e. The lowest BCUT2D eigenvalue weighted by Gasteiger charge is -2.36. The number of nitro groups is 1. The van der Waals surface area contributed by atoms with Crippen LogP contribution in [0.5, 0.6) is 0 Å². The van der Waals surface area contributed by atoms with Gasteiger partial charge >= 0.3 is 0 Å². The average Bonchev–Trinajstić information content (AvgIpc) is 2.67. The van der Waals surface area contributed by atoms with Crippen LogP contribution in [0.2, 0.25) is 0 Å². The number of hydrogen-bond donors (Lipinski definition) is 2. The standard InChI is InChI=1S/C20H31N5O3.ClH/c1-15-11-16(2)14-24(13-15)18-4-3-17(12-19(18)25(27)28)20(26)22-7-10-23-8-5-21-6-9-23;/h3-4,12,15-16,21H,5-11,13-14H2,1-2H3,(H,22,26);1H. The van der Waals surface area contributed by atoms with E-state index in [9.17, 15) is 14.9 Å². The van der Waals surface area contributed by atoms with E-state index in [1.165, 1.54) is 6.07 Å². The van der Waals surface area contributed by atoms with Crippen LogP contribution in [0, 0.1) is 22.0 Å². The molecule has 2 saturated heterocycles. The van der Waals surface area contributed by atoms with Crippen LogP contribution in [0.3, 0.4) is 0 Å². The SMILES string of the molecule is CC1CC(C)CN(c2ccc(C(=O)NCCN3CCNCC3)cc2[N+](=O)[O-])C1.Cl. The van der Waals surface area contributed by atoms with E-state index in [1.54, 1.807) is 12.1 Å². The predicted molar refractivity (Wildman–Crippen MR) is 117 cm³/mol. The third-order valence-electron chi connectivity index (χ3n) is 5.57. The molecule has 0 aromatic heterocycles. The molecule has 29 heavy (non-hydrogen) atoms. The molecule has 2 aliphatic rings. The number of nitro benzene ring substituents is 1. The highest BCUT2D eigenvalue weighted by atomic mass is 35.5. The Hall–Kier alpha value is -1.90. The van der Waals surface area contributed by atoms with Crippen LogP contribution in [-0.2, 0) is 0 Å². The van der Waals surface area contributed by atoms with Crippen molar-refractivity contribution in [3.63, 3.8) is 0 Å². The summed E-state index contributed by atoms with van der Waals surface area (Å²) < 4.78 is 0. The molecule has 2 atom stereocenters. The molecule has 0 bridgehead atoms. The highest BCUT2D eigenvalue weighted by molar-refractivity contribution is 5.95. The molecule has 1 amide bonds. The lowest BCUT2D eigenvalue weighted by atomic mass is 9.91. The third-order valence-corrected chi connectivity index (χ3v) is 5.57. The Morgan fingerprint density at radius 3 is 2.52 bits per heavy atom. The summed E-state index contributed by atoms with van der Waals surface area (Å²) in [6, 6.07) is 4.85. The van der Waals surface area contributed by atoms with Crippen molar-refractivity contribution >= 4 is 29.7 Å². The maximum absolute atomic E-state index is 12.5. The summed E-state index contributed by atoms with van der Waals surface area (Å²) in [5.41, 5.74) is 0.964. The van der Waals surface area contributed by atoms with Crippen molar-refractivity contribution in [3.8, 4) is 0 Å². The van der Waals surface area contributed by atoms with Crippen LogP contribution in [0.15, 0.2) is 18.2 Å². The second-order valence-corrected chi connectivity index (χ2v) is 8.16. The molecule has 9 heteroatoms. The van der Waals surface area contributed by atoms with Gasteiger partial charge in [-0.2, -0.15) is 0 Å². The van der Waals surface area contributed by atoms with E-state index >= 15 is 0 Å². The van der Waals surface area contributed by atoms with Gasteiger partial charge in [-0.3, -0.25) is 19.8 Å². The fourth-order valence-electron chi connectivity index (χ4n) is 4.30. The molecule has 2 fully saturated rings. The minimum absolute atomic E-state index is 0. The van der Waals surface area contributed by atoms with Crippen LogP contribution in [0.25, 0.3) is 0 Å². The van der Waals surface area contributed by atoms with Crippen LogP contribution >= 0.6 is 12.4 Å². The van der Waals surface area contributed by atoms with Gasteiger partial charge in [-0.25, -0.2) is 0 Å². The van der Waals surface area contributed by atoms with E-state index in [-0.39, 0.29) is 28.9 Å². The second kappa shape index (κ2) is 10.8. The first-order valence-electron chi connectivity index (χ1n) is 10.2. The molecule has 2 heterocycles. The van der Waals surface area contributed by atoms with Gasteiger partial charge in [0, 0.05) is 64.0 Å². The number of hydrogen-bond acceptors (Lipinski definition) is 6. The lowest BCUT2D eigenvalue weighted by molar-refractivity contribution is -0.384. The van der Waals surface area contributed by atoms with Crippen LogP contribution < -0.4 is 15.5 Å². The molecule has 1 aromatic rings. The van der Waals surface area contributed by atoms with Gasteiger partial charge in [0.05, 0.1) is 4.92 Å². The molecular formula is C20H32ClN5O3. The molecule has 2 N–H and O–H groups in total. The van der Waals surface area contributed by atoms with E-state index in [0.717, 1.165) is 52.2 Å². The third kappa shape index (κ3) is 6.29. The number of benzene rings is 1. The highest BCUT2D eigenvalue weighted by Crippen LogP contribution is 2.33. The van der Waals surface area contributed by atoms with Gasteiger partial charge in [0.1, 0.15) is 5.69 Å². The number of rotatable bonds is 6. The summed E-state index contributed by atoms with van der Waals surface area (Å²) >= 11 is 0. The van der Waals surface area contributed by atoms with Gasteiger partial charge in [-0.15, -0.1) is 12.4 Å². The van der Waals surface area contributed by atoms with Gasteiger partial charge < -0.3 is 15.5 Å². The fraction of sp³-hybridized carbons (Fsp3) is 0.650. The Labute approximate surface area is 178 Å².